The second kappa shape index (κ2) is 14.8. The summed E-state index contributed by atoms with van der Waals surface area (Å²) in [6, 6.07) is 10.5. The highest BCUT2D eigenvalue weighted by molar-refractivity contribution is 7.20. The zero-order valence-corrected chi connectivity index (χ0v) is 19.8. The molecule has 1 saturated heterocycles. The van der Waals surface area contributed by atoms with Crippen molar-refractivity contribution in [2.24, 2.45) is 0 Å². The predicted molar refractivity (Wildman–Crippen MR) is 127 cm³/mol. The Morgan fingerprint density at radius 2 is 1.88 bits per heavy atom. The third-order valence-corrected chi connectivity index (χ3v) is 6.20. The molecule has 1 aromatic carbocycles. The van der Waals surface area contributed by atoms with E-state index in [0.717, 1.165) is 23.8 Å². The first-order chi connectivity index (χ1) is 16.3. The molecule has 0 bridgehead atoms. The molecular formula is C24H31N3O5S. The van der Waals surface area contributed by atoms with Gasteiger partial charge in [-0.3, -0.25) is 4.40 Å². The quantitative estimate of drug-likeness (QED) is 0.207. The second-order valence-corrected chi connectivity index (χ2v) is 8.53. The highest BCUT2D eigenvalue weighted by Gasteiger charge is 2.10. The van der Waals surface area contributed by atoms with E-state index in [1.807, 2.05) is 6.07 Å². The summed E-state index contributed by atoms with van der Waals surface area (Å²) in [7, 11) is 0. The van der Waals surface area contributed by atoms with Gasteiger partial charge in [-0.1, -0.05) is 60.4 Å². The predicted octanol–water partition coefficient (Wildman–Crippen LogP) is 4.82. The molecule has 0 aliphatic carbocycles. The summed E-state index contributed by atoms with van der Waals surface area (Å²) in [6.45, 7) is 6.63. The Hall–Kier alpha value is -2.29. The first-order valence-corrected chi connectivity index (χ1v) is 11.9. The fraction of sp³-hybridized carbons (Fsp3) is 0.458. The van der Waals surface area contributed by atoms with Crippen LogP contribution in [-0.2, 0) is 26.3 Å². The van der Waals surface area contributed by atoms with E-state index in [9.17, 15) is 0 Å². The van der Waals surface area contributed by atoms with E-state index < -0.39 is 0 Å². The third kappa shape index (κ3) is 8.87. The van der Waals surface area contributed by atoms with Gasteiger partial charge in [0.15, 0.2) is 4.96 Å². The zero-order valence-electron chi connectivity index (χ0n) is 18.9. The van der Waals surface area contributed by atoms with Crippen molar-refractivity contribution >= 4 is 16.3 Å². The minimum absolute atomic E-state index is 0.0804. The topological polar surface area (TPSA) is 77.7 Å². The summed E-state index contributed by atoms with van der Waals surface area (Å²) in [6.07, 6.45) is 9.68. The molecule has 2 aromatic heterocycles. The van der Waals surface area contributed by atoms with E-state index in [2.05, 4.69) is 72.8 Å². The summed E-state index contributed by atoms with van der Waals surface area (Å²) in [4.78, 5) is 13.6. The lowest BCUT2D eigenvalue weighted by atomic mass is 10.2. The van der Waals surface area contributed by atoms with Crippen LogP contribution in [0.15, 0.2) is 42.7 Å². The summed E-state index contributed by atoms with van der Waals surface area (Å²) in [5, 5.41) is 14.2. The van der Waals surface area contributed by atoms with Crippen LogP contribution in [0, 0.1) is 11.8 Å². The van der Waals surface area contributed by atoms with Gasteiger partial charge in [0.05, 0.1) is 23.8 Å². The van der Waals surface area contributed by atoms with Crippen LogP contribution in [0.2, 0.25) is 0 Å². The van der Waals surface area contributed by atoms with E-state index in [-0.39, 0.29) is 6.61 Å². The highest BCUT2D eigenvalue weighted by atomic mass is 32.1. The largest absolute Gasteiger partial charge is 0.374 e. The van der Waals surface area contributed by atoms with Gasteiger partial charge in [-0.25, -0.2) is 10.2 Å². The maximum absolute atomic E-state index is 7.47. The number of fused-ring (bicyclic) bond motifs is 1. The van der Waals surface area contributed by atoms with Crippen LogP contribution in [-0.4, -0.2) is 52.4 Å². The Morgan fingerprint density at radius 1 is 1.09 bits per heavy atom. The van der Waals surface area contributed by atoms with Gasteiger partial charge in [-0.05, 0) is 48.5 Å². The van der Waals surface area contributed by atoms with E-state index in [1.165, 1.54) is 49.2 Å². The van der Waals surface area contributed by atoms with Gasteiger partial charge in [0, 0.05) is 18.9 Å². The molecule has 1 fully saturated rings. The van der Waals surface area contributed by atoms with Crippen LogP contribution in [0.25, 0.3) is 15.4 Å². The number of ether oxygens (including phenoxy) is 1. The SMILES string of the molecule is CC#CCOOOO.c1ccc(-c2cn3cc(COCCN4CCCCCC4)nc3s2)cc1. The number of benzene rings is 1. The molecule has 4 rings (SSSR count). The lowest BCUT2D eigenvalue weighted by molar-refractivity contribution is -0.620. The number of imidazole rings is 1. The van der Waals surface area contributed by atoms with Crippen molar-refractivity contribution in [2.75, 3.05) is 32.8 Å². The van der Waals surface area contributed by atoms with E-state index in [4.69, 9.17) is 15.0 Å². The Bertz CT molecular complexity index is 956. The van der Waals surface area contributed by atoms with Gasteiger partial charge in [0.1, 0.15) is 6.61 Å². The molecule has 1 N–H and O–H groups in total. The average Bonchev–Trinajstić information content (AvgIpc) is 3.30. The van der Waals surface area contributed by atoms with Gasteiger partial charge >= 0.3 is 0 Å². The molecule has 3 heterocycles. The number of nitrogens with zero attached hydrogens (tertiary/aromatic N) is 3. The van der Waals surface area contributed by atoms with Crippen molar-refractivity contribution in [1.82, 2.24) is 14.3 Å². The van der Waals surface area contributed by atoms with E-state index >= 15 is 0 Å². The molecule has 3 aromatic rings. The van der Waals surface area contributed by atoms with Gasteiger partial charge < -0.3 is 9.64 Å². The van der Waals surface area contributed by atoms with E-state index in [0.29, 0.717) is 6.61 Å². The molecule has 1 aliphatic rings. The molecule has 1 aliphatic heterocycles. The molecular weight excluding hydrogens is 442 g/mol. The Labute approximate surface area is 198 Å². The van der Waals surface area contributed by atoms with Crippen LogP contribution in [0.3, 0.4) is 0 Å². The molecule has 0 atom stereocenters. The summed E-state index contributed by atoms with van der Waals surface area (Å²) in [5.41, 5.74) is 2.26. The van der Waals surface area contributed by atoms with Crippen LogP contribution < -0.4 is 0 Å². The third-order valence-electron chi connectivity index (χ3n) is 5.15. The van der Waals surface area contributed by atoms with Gasteiger partial charge in [-0.15, -0.1) is 5.92 Å². The Morgan fingerprint density at radius 3 is 2.58 bits per heavy atom. The van der Waals surface area contributed by atoms with Gasteiger partial charge in [-0.2, -0.15) is 4.89 Å². The lowest BCUT2D eigenvalue weighted by Crippen LogP contribution is -2.28. The molecule has 0 amide bonds. The summed E-state index contributed by atoms with van der Waals surface area (Å²) < 4.78 is 7.98. The van der Waals surface area contributed by atoms with Crippen molar-refractivity contribution in [1.29, 1.82) is 0 Å². The lowest BCUT2D eigenvalue weighted by Gasteiger charge is -2.19. The van der Waals surface area contributed by atoms with Crippen LogP contribution in [0.5, 0.6) is 0 Å². The first kappa shape index (κ1) is 25.3. The van der Waals surface area contributed by atoms with Crippen molar-refractivity contribution in [3.63, 3.8) is 0 Å². The molecule has 0 spiro atoms. The fourth-order valence-electron chi connectivity index (χ4n) is 3.53. The smallest absolute Gasteiger partial charge is 0.194 e. The van der Waals surface area contributed by atoms with Crippen molar-refractivity contribution in [2.45, 2.75) is 39.2 Å². The normalized spacial score (nSPS) is 14.2. The van der Waals surface area contributed by atoms with Crippen molar-refractivity contribution in [3.05, 3.63) is 48.4 Å². The second-order valence-electron chi connectivity index (χ2n) is 7.52. The monoisotopic (exact) mass is 473 g/mol. The van der Waals surface area contributed by atoms with Gasteiger partial charge in [0.2, 0.25) is 0 Å². The number of hydrogen-bond acceptors (Lipinski definition) is 8. The number of likely N-dealkylation sites (tertiary alicyclic amines) is 1. The molecule has 0 saturated carbocycles. The maximum atomic E-state index is 7.47. The fourth-order valence-corrected chi connectivity index (χ4v) is 4.52. The average molecular weight is 474 g/mol. The van der Waals surface area contributed by atoms with Crippen molar-refractivity contribution < 1.29 is 25.0 Å². The van der Waals surface area contributed by atoms with Crippen molar-refractivity contribution in [3.8, 4) is 22.3 Å². The Balaban J connectivity index is 0.000000331. The minimum atomic E-state index is 0.0804. The number of thiazole rings is 1. The molecule has 8 nitrogen and oxygen atoms in total. The number of hydrogen-bond donors (Lipinski definition) is 1. The first-order valence-electron chi connectivity index (χ1n) is 11.1. The molecule has 0 radical (unpaired) electrons. The molecule has 33 heavy (non-hydrogen) atoms. The van der Waals surface area contributed by atoms with E-state index in [1.54, 1.807) is 18.3 Å². The standard InChI is InChI=1S/C20H25N3OS.C4H6O4/c1-2-7-11-22(10-6-1)12-13-24-16-18-14-23-15-19(25-20(23)21-18)17-8-4-3-5-9-17;1-2-3-4-6-8-7-5/h3-5,8-9,14-15H,1-2,6-7,10-13,16H2;5H,4H2,1H3. The van der Waals surface area contributed by atoms with Crippen LogP contribution in [0.4, 0.5) is 0 Å². The maximum Gasteiger partial charge on any atom is 0.194 e. The van der Waals surface area contributed by atoms with Crippen LogP contribution in [0.1, 0.15) is 38.3 Å². The Kier molecular flexibility index (Phi) is 11.3. The van der Waals surface area contributed by atoms with Crippen LogP contribution >= 0.6 is 11.3 Å². The number of rotatable bonds is 9. The molecule has 178 valence electrons. The summed E-state index contributed by atoms with van der Waals surface area (Å²) in [5.74, 6) is 5.03. The highest BCUT2D eigenvalue weighted by Crippen LogP contribution is 2.28. The minimum Gasteiger partial charge on any atom is -0.374 e. The van der Waals surface area contributed by atoms with Gasteiger partial charge in [0.25, 0.3) is 0 Å². The summed E-state index contributed by atoms with van der Waals surface area (Å²) >= 11 is 1.72. The number of aromatic nitrogens is 2. The molecule has 0 unspecified atom stereocenters. The molecule has 9 heteroatoms. The zero-order chi connectivity index (χ0) is 23.1.